The van der Waals surface area contributed by atoms with Crippen LogP contribution < -0.4 is 0 Å². The van der Waals surface area contributed by atoms with Crippen molar-refractivity contribution in [3.8, 4) is 22.5 Å². The summed E-state index contributed by atoms with van der Waals surface area (Å²) in [6.07, 6.45) is 13.0. The van der Waals surface area contributed by atoms with Crippen molar-refractivity contribution in [2.75, 3.05) is 54.5 Å². The number of ketones is 1. The van der Waals surface area contributed by atoms with Gasteiger partial charge in [0.2, 0.25) is 0 Å². The Morgan fingerprint density at radius 3 is 1.33 bits per heavy atom. The number of hydrogen-bond acceptors (Lipinski definition) is 16. The van der Waals surface area contributed by atoms with Crippen LogP contribution in [0.3, 0.4) is 0 Å². The number of hydrogen-bond donors (Lipinski definition) is 0. The van der Waals surface area contributed by atoms with Crippen molar-refractivity contribution < 1.29 is 182 Å². The third kappa shape index (κ3) is 31.1. The quantitative estimate of drug-likeness (QED) is 0.0269. The molecule has 7 aromatic heterocycles. The molecule has 0 atom stereocenters. The number of ether oxygens (including phenoxy) is 1. The molecule has 0 radical (unpaired) electrons. The summed E-state index contributed by atoms with van der Waals surface area (Å²) in [6, 6.07) is 36.8. The van der Waals surface area contributed by atoms with Gasteiger partial charge in [0.1, 0.15) is 30.4 Å². The van der Waals surface area contributed by atoms with Gasteiger partial charge in [-0.3, -0.25) is 34.6 Å². The first kappa shape index (κ1) is 98.7. The average molecular weight is 2850 g/mol. The number of thiazole rings is 2. The van der Waals surface area contributed by atoms with E-state index >= 15 is 0 Å². The van der Waals surface area contributed by atoms with Crippen molar-refractivity contribution in [2.45, 2.75) is 47.1 Å². The van der Waals surface area contributed by atoms with Crippen molar-refractivity contribution in [2.24, 2.45) is 0 Å². The maximum atomic E-state index is 11.4. The third-order valence-corrected chi connectivity index (χ3v) is 18.3. The van der Waals surface area contributed by atoms with Gasteiger partial charge in [-0.1, -0.05) is 113 Å². The second-order valence-corrected chi connectivity index (χ2v) is 28.3. The van der Waals surface area contributed by atoms with Crippen molar-refractivity contribution >= 4 is 199 Å². The summed E-state index contributed by atoms with van der Waals surface area (Å²) < 4.78 is 50.1. The molecule has 12 rings (SSSR count). The molecular weight excluding hydrogens is 2770 g/mol. The largest absolute Gasteiger partial charge is 0.698 e. The van der Waals surface area contributed by atoms with E-state index in [0.717, 1.165) is 100 Å². The summed E-state index contributed by atoms with van der Waals surface area (Å²) in [5.41, 5.74) is 51.8. The molecule has 0 amide bonds. The van der Waals surface area contributed by atoms with E-state index in [9.17, 15) is 21.6 Å². The number of carbonyl (C=O) groups excluding carboxylic acids is 1. The Morgan fingerprint density at radius 1 is 0.545 bits per heavy atom. The van der Waals surface area contributed by atoms with E-state index in [1.165, 1.54) is 18.1 Å². The standard InChI is InChI=1S/C17H19N4O2S2.C17H18N3O2S2.C13H13N2O.C11H9BrN2O.C10H9N2.CH3I.CH4.HI.5U/c1-21(7-8-25(2,22)23)10-17-20-16(11-24-17)12-3-4-15-13(9-12)14(18)5-6-19-15;1-24(21,22)9-3-2-4-17-20-16(11-23-17)12-5-6-15-13(10-12)14(18)7-8-19-15;1-3-16-9(2)10-4-5-13-11(8-10)12(14)6-7-15-13;12-6-11(15)7-1-2-10-8(5-7)9(13)3-4-14-10;1-7-2-3-10-8(6-7)9(11)4-5-12-10;1-2;;;;;;;/h3-6,9,11H,7-8,10H2,1-2H3,(H-,18,19);5-8,10-11H,2-4,9H2,1H3,(H-,18,19);4-8H,2-3H2,1H3,(H-,14,15);1-5H,6H2,(H2,13,14,15);2-6H,1H3,(H-,11,12);1H3;1H4;1H;;;;;/q3*-1;;-1;;;;;;;;/p-1. The number of pyridine rings is 5. The smallest absolute Gasteiger partial charge is 0.173 e. The van der Waals surface area contributed by atoms with E-state index in [0.29, 0.717) is 76.6 Å². The number of aromatic nitrogens is 7. The predicted octanol–water partition coefficient (Wildman–Crippen LogP) is 20.9. The molecule has 0 unspecified atom stereocenters. The van der Waals surface area contributed by atoms with Crippen molar-refractivity contribution in [3.63, 3.8) is 0 Å². The van der Waals surface area contributed by atoms with Crippen LogP contribution in [-0.2, 0) is 37.4 Å². The Kier molecular flexibility index (Phi) is 47.8. The minimum Gasteiger partial charge on any atom is -0.698 e. The van der Waals surface area contributed by atoms with Gasteiger partial charge in [-0.05, 0) is 139 Å². The molecule has 0 aliphatic carbocycles. The van der Waals surface area contributed by atoms with Gasteiger partial charge in [0.05, 0.1) is 68.2 Å². The number of rotatable bonds is 17. The number of unbranched alkanes of at least 4 members (excludes halogenated alkanes) is 1. The molecular formula is C70H75BrI2N13O6S4U5-5. The van der Waals surface area contributed by atoms with Gasteiger partial charge in [-0.2, -0.15) is 0 Å². The molecule has 19 nitrogen and oxygen atoms in total. The van der Waals surface area contributed by atoms with Gasteiger partial charge in [0, 0.05) is 244 Å². The molecule has 7 heterocycles. The van der Waals surface area contributed by atoms with Crippen LogP contribution in [0, 0.1) is 162 Å². The Labute approximate surface area is 758 Å². The number of halogens is 3. The summed E-state index contributed by atoms with van der Waals surface area (Å²) in [4.78, 5) is 45.7. The number of sulfone groups is 2. The Hall–Kier alpha value is -2.32. The first-order chi connectivity index (χ1) is 44.9. The van der Waals surface area contributed by atoms with Crippen LogP contribution in [0.15, 0.2) is 170 Å². The first-order valence-electron chi connectivity index (χ1n) is 29.2. The van der Waals surface area contributed by atoms with Crippen LogP contribution in [0.4, 0.5) is 28.4 Å². The molecule has 12 aromatic rings. The van der Waals surface area contributed by atoms with Crippen molar-refractivity contribution in [1.82, 2.24) is 39.8 Å². The molecule has 0 fully saturated rings. The van der Waals surface area contributed by atoms with E-state index in [1.807, 2.05) is 114 Å². The molecule has 5 N–H and O–H groups in total. The molecule has 0 bridgehead atoms. The van der Waals surface area contributed by atoms with E-state index in [1.54, 1.807) is 102 Å². The number of carbonyl (C=O) groups is 1. The number of Topliss-reactive ketones (excluding diaryl/α,β-unsaturated/α-hetero) is 1. The zero-order chi connectivity index (χ0) is 68.1. The molecule has 0 saturated heterocycles. The summed E-state index contributed by atoms with van der Waals surface area (Å²) in [5.74, 6) is 1.02. The van der Waals surface area contributed by atoms with E-state index in [4.69, 9.17) is 33.4 Å². The van der Waals surface area contributed by atoms with E-state index in [2.05, 4.69) is 80.0 Å². The predicted molar refractivity (Wildman–Crippen MR) is 425 cm³/mol. The van der Waals surface area contributed by atoms with Crippen LogP contribution in [-0.4, -0.2) is 117 Å². The Bertz CT molecular complexity index is 4860. The zero-order valence-electron chi connectivity index (χ0n) is 55.5. The van der Waals surface area contributed by atoms with Crippen molar-refractivity contribution in [3.05, 3.63) is 225 Å². The average Bonchev–Trinajstić information content (AvgIpc) is 1.82. The molecule has 0 aliphatic heterocycles. The SMILES string of the molecule is C.C=C(OCC)c1ccc2nccc([NH-])c2c1.CI.CN(CCS(C)(=O)=O)Cc1nc(-c2ccc3nccc([NH-])c3c2)cs1.CS(=O)(=O)CCCCc1nc(-c2ccc3nccc([NH-])c3c2)cs1.Cc1ccc2nccc([NH-])c2c1.I.[NH-]c1ccnc2ccc(C(=O)CBr)cc12.[U].[U].[U].[U].[U]. The van der Waals surface area contributed by atoms with E-state index in [-0.39, 0.29) is 204 Å². The zero-order valence-corrected chi connectivity index (χ0v) is 85.6. The number of alkyl halides is 2. The number of aryl methyl sites for hydroxylation is 2. The fourth-order valence-electron chi connectivity index (χ4n) is 9.19. The van der Waals surface area contributed by atoms with Gasteiger partial charge < -0.3 is 33.4 Å². The van der Waals surface area contributed by atoms with Crippen LogP contribution in [0.5, 0.6) is 0 Å². The Morgan fingerprint density at radius 2 is 0.911 bits per heavy atom. The van der Waals surface area contributed by atoms with Gasteiger partial charge in [-0.25, -0.2) is 26.8 Å². The number of nitrogens with zero attached hydrogens (tertiary/aromatic N) is 8. The third-order valence-electron chi connectivity index (χ3n) is 14.0. The summed E-state index contributed by atoms with van der Waals surface area (Å²) in [6.45, 7) is 9.48. The minimum absolute atomic E-state index is 0. The molecule has 5 aromatic carbocycles. The summed E-state index contributed by atoms with van der Waals surface area (Å²) >= 11 is 8.41. The second kappa shape index (κ2) is 48.9. The van der Waals surface area contributed by atoms with Crippen LogP contribution in [0.1, 0.15) is 58.7 Å². The van der Waals surface area contributed by atoms with E-state index < -0.39 is 19.7 Å². The maximum absolute atomic E-state index is 11.4. The Balaban J connectivity index is 0.00000124. The summed E-state index contributed by atoms with van der Waals surface area (Å²) in [5, 5.41) is 10.3. The normalized spacial score (nSPS) is 10.3. The number of nitrogens with one attached hydrogen (secondary N) is 5. The van der Waals surface area contributed by atoms with Gasteiger partial charge >= 0.3 is 0 Å². The molecule has 31 heteroatoms. The van der Waals surface area contributed by atoms with Gasteiger partial charge in [-0.15, -0.1) is 75.1 Å². The molecule has 0 saturated carbocycles. The minimum atomic E-state index is -2.96. The van der Waals surface area contributed by atoms with Crippen LogP contribution in [0.25, 0.3) is 111 Å². The maximum Gasteiger partial charge on any atom is 0.173 e. The molecule has 0 aliphatic rings. The number of fused-ring (bicyclic) bond motifs is 5. The van der Waals surface area contributed by atoms with Crippen LogP contribution >= 0.6 is 85.2 Å². The topological polar surface area (TPSA) is 307 Å². The number of benzene rings is 5. The fourth-order valence-corrected chi connectivity index (χ4v) is 12.6. The first-order valence-corrected chi connectivity index (χ1v) is 38.3. The molecule has 526 valence electrons. The molecule has 101 heavy (non-hydrogen) atoms. The van der Waals surface area contributed by atoms with Gasteiger partial charge in [0.25, 0.3) is 0 Å². The summed E-state index contributed by atoms with van der Waals surface area (Å²) in [7, 11) is -3.95. The molecule has 0 spiro atoms. The van der Waals surface area contributed by atoms with Crippen molar-refractivity contribution in [1.29, 1.82) is 0 Å². The fraction of sp³-hybridized carbons (Fsp3) is 0.229. The monoisotopic (exact) mass is 2840 g/mol. The van der Waals surface area contributed by atoms with Gasteiger partial charge in [0.15, 0.2) is 5.78 Å². The van der Waals surface area contributed by atoms with Crippen LogP contribution in [0.2, 0.25) is 0 Å². The second-order valence-electron chi connectivity index (χ2n) is 21.4.